The number of hydrogen-bond donors (Lipinski definition) is 1. The Morgan fingerprint density at radius 2 is 2.09 bits per heavy atom. The van der Waals surface area contributed by atoms with Gasteiger partial charge < -0.3 is 19.9 Å². The minimum Gasteiger partial charge on any atom is -0.376 e. The van der Waals surface area contributed by atoms with Crippen molar-refractivity contribution >= 4 is 11.9 Å². The molecule has 0 radical (unpaired) electrons. The molecule has 1 saturated heterocycles. The number of nitrogens with zero attached hydrogens (tertiary/aromatic N) is 3. The summed E-state index contributed by atoms with van der Waals surface area (Å²) in [6.45, 7) is 8.29. The molecule has 6 nitrogen and oxygen atoms in total. The number of aliphatic imine (C=N–C) groups is 1. The normalized spacial score (nSPS) is 18.7. The van der Waals surface area contributed by atoms with Crippen LogP contribution in [0.15, 0.2) is 17.1 Å². The topological polar surface area (TPSA) is 57.2 Å². The molecule has 6 heteroatoms. The highest BCUT2D eigenvalue weighted by molar-refractivity contribution is 5.84. The van der Waals surface area contributed by atoms with Crippen LogP contribution >= 0.6 is 0 Å². The van der Waals surface area contributed by atoms with E-state index in [0.717, 1.165) is 31.6 Å². The molecule has 0 aromatic rings. The Bertz CT molecular complexity index is 401. The van der Waals surface area contributed by atoms with E-state index in [9.17, 15) is 4.79 Å². The van der Waals surface area contributed by atoms with Crippen LogP contribution in [0.1, 0.15) is 26.2 Å². The van der Waals surface area contributed by atoms with Gasteiger partial charge in [0.2, 0.25) is 5.91 Å². The Hall–Kier alpha value is -1.56. The molecule has 1 rings (SSSR count). The number of carbonyl (C=O) groups is 1. The first-order valence-electron chi connectivity index (χ1n) is 7.85. The third-order valence-electron chi connectivity index (χ3n) is 3.49. The second-order valence-corrected chi connectivity index (χ2v) is 6.11. The first-order valence-corrected chi connectivity index (χ1v) is 7.85. The first kappa shape index (κ1) is 18.5. The third kappa shape index (κ3) is 6.93. The molecule has 0 aromatic heterocycles. The maximum Gasteiger partial charge on any atom is 0.243 e. The molecule has 126 valence electrons. The Labute approximate surface area is 134 Å². The Morgan fingerprint density at radius 3 is 2.64 bits per heavy atom. The van der Waals surface area contributed by atoms with Crippen LogP contribution in [0.25, 0.3) is 0 Å². The van der Waals surface area contributed by atoms with Crippen molar-refractivity contribution in [3.05, 3.63) is 12.2 Å². The monoisotopic (exact) mass is 310 g/mol. The number of hydrogen-bond acceptors (Lipinski definition) is 3. The summed E-state index contributed by atoms with van der Waals surface area (Å²) in [5.41, 5.74) is 1.05. The number of amides is 1. The molecular formula is C16H30N4O2. The van der Waals surface area contributed by atoms with E-state index in [1.54, 1.807) is 19.0 Å². The van der Waals surface area contributed by atoms with Gasteiger partial charge in [-0.05, 0) is 26.2 Å². The number of ether oxygens (including phenoxy) is 1. The number of rotatable bonds is 6. The zero-order chi connectivity index (χ0) is 16.5. The van der Waals surface area contributed by atoms with E-state index in [4.69, 9.17) is 4.74 Å². The number of carbonyl (C=O) groups excluding carboxylic acids is 1. The molecule has 0 aromatic carbocycles. The average Bonchev–Trinajstić information content (AvgIpc) is 2.47. The van der Waals surface area contributed by atoms with E-state index in [-0.39, 0.29) is 18.6 Å². The molecule has 1 fully saturated rings. The highest BCUT2D eigenvalue weighted by Crippen LogP contribution is 2.11. The molecule has 0 saturated carbocycles. The Kier molecular flexibility index (Phi) is 7.95. The van der Waals surface area contributed by atoms with E-state index in [1.165, 1.54) is 6.42 Å². The molecule has 22 heavy (non-hydrogen) atoms. The Balaban J connectivity index is 2.61. The molecule has 0 aliphatic carbocycles. The van der Waals surface area contributed by atoms with Gasteiger partial charge in [-0.3, -0.25) is 4.79 Å². The lowest BCUT2D eigenvalue weighted by Crippen LogP contribution is -2.44. The predicted octanol–water partition coefficient (Wildman–Crippen LogP) is 1.10. The minimum atomic E-state index is -0.0167. The zero-order valence-electron chi connectivity index (χ0n) is 14.4. The van der Waals surface area contributed by atoms with Crippen LogP contribution in [-0.2, 0) is 9.53 Å². The molecule has 0 bridgehead atoms. The van der Waals surface area contributed by atoms with Crippen molar-refractivity contribution in [2.75, 3.05) is 47.4 Å². The van der Waals surface area contributed by atoms with Crippen LogP contribution in [0, 0.1) is 0 Å². The zero-order valence-corrected chi connectivity index (χ0v) is 14.4. The summed E-state index contributed by atoms with van der Waals surface area (Å²) in [5, 5.41) is 3.33. The van der Waals surface area contributed by atoms with E-state index < -0.39 is 0 Å². The molecule has 1 N–H and O–H groups in total. The molecule has 0 spiro atoms. The lowest BCUT2D eigenvalue weighted by Gasteiger charge is -2.27. The van der Waals surface area contributed by atoms with Crippen molar-refractivity contribution in [2.45, 2.75) is 32.3 Å². The van der Waals surface area contributed by atoms with Crippen LogP contribution in [0.3, 0.4) is 0 Å². The molecule has 1 unspecified atom stereocenters. The molecule has 1 aliphatic rings. The summed E-state index contributed by atoms with van der Waals surface area (Å²) in [5.74, 6) is 0.698. The number of likely N-dealkylation sites (N-methyl/N-ethyl adjacent to an activating group) is 2. The van der Waals surface area contributed by atoms with Crippen molar-refractivity contribution in [3.63, 3.8) is 0 Å². The van der Waals surface area contributed by atoms with Gasteiger partial charge in [0.15, 0.2) is 5.96 Å². The maximum absolute atomic E-state index is 11.7. The van der Waals surface area contributed by atoms with Gasteiger partial charge >= 0.3 is 0 Å². The summed E-state index contributed by atoms with van der Waals surface area (Å²) in [4.78, 5) is 19.7. The largest absolute Gasteiger partial charge is 0.376 e. The van der Waals surface area contributed by atoms with Gasteiger partial charge in [0.1, 0.15) is 6.54 Å². The van der Waals surface area contributed by atoms with Crippen LogP contribution in [-0.4, -0.2) is 75.2 Å². The van der Waals surface area contributed by atoms with Gasteiger partial charge in [0, 0.05) is 40.8 Å². The van der Waals surface area contributed by atoms with Crippen molar-refractivity contribution in [2.24, 2.45) is 4.99 Å². The van der Waals surface area contributed by atoms with E-state index >= 15 is 0 Å². The van der Waals surface area contributed by atoms with Crippen molar-refractivity contribution in [1.82, 2.24) is 15.1 Å². The molecule has 1 heterocycles. The number of guanidine groups is 1. The van der Waals surface area contributed by atoms with Gasteiger partial charge in [-0.25, -0.2) is 4.99 Å². The quantitative estimate of drug-likeness (QED) is 0.453. The van der Waals surface area contributed by atoms with Gasteiger partial charge in [-0.15, -0.1) is 0 Å². The fraction of sp³-hybridized carbons (Fsp3) is 0.750. The van der Waals surface area contributed by atoms with Crippen LogP contribution < -0.4 is 5.32 Å². The summed E-state index contributed by atoms with van der Waals surface area (Å²) in [7, 11) is 5.42. The molecule has 1 aliphatic heterocycles. The fourth-order valence-corrected chi connectivity index (χ4v) is 2.25. The van der Waals surface area contributed by atoms with Gasteiger partial charge in [-0.2, -0.15) is 0 Å². The second-order valence-electron chi connectivity index (χ2n) is 6.11. The summed E-state index contributed by atoms with van der Waals surface area (Å²) in [6, 6.07) is 0. The highest BCUT2D eigenvalue weighted by atomic mass is 16.5. The van der Waals surface area contributed by atoms with Gasteiger partial charge in [0.05, 0.1) is 6.10 Å². The first-order chi connectivity index (χ1) is 10.4. The minimum absolute atomic E-state index is 0.0167. The van der Waals surface area contributed by atoms with Crippen LogP contribution in [0.5, 0.6) is 0 Å². The third-order valence-corrected chi connectivity index (χ3v) is 3.49. The summed E-state index contributed by atoms with van der Waals surface area (Å²) in [6.07, 6.45) is 3.65. The molecular weight excluding hydrogens is 280 g/mol. The second kappa shape index (κ2) is 9.46. The van der Waals surface area contributed by atoms with Crippen molar-refractivity contribution < 1.29 is 9.53 Å². The summed E-state index contributed by atoms with van der Waals surface area (Å²) < 4.78 is 5.72. The van der Waals surface area contributed by atoms with Crippen molar-refractivity contribution in [1.29, 1.82) is 0 Å². The Morgan fingerprint density at radius 1 is 1.36 bits per heavy atom. The SMILES string of the molecule is C=C(C)CN(C)C(=NCC(=O)N(C)C)NCC1CCCCO1. The molecule has 1 atom stereocenters. The lowest BCUT2D eigenvalue weighted by atomic mass is 10.1. The van der Waals surface area contributed by atoms with Crippen LogP contribution in [0.2, 0.25) is 0 Å². The smallest absolute Gasteiger partial charge is 0.243 e. The maximum atomic E-state index is 11.7. The predicted molar refractivity (Wildman–Crippen MR) is 90.0 cm³/mol. The van der Waals surface area contributed by atoms with E-state index in [0.29, 0.717) is 12.5 Å². The average molecular weight is 310 g/mol. The molecule has 1 amide bonds. The van der Waals surface area contributed by atoms with Crippen molar-refractivity contribution in [3.8, 4) is 0 Å². The highest BCUT2D eigenvalue weighted by Gasteiger charge is 2.16. The van der Waals surface area contributed by atoms with Gasteiger partial charge in [-0.1, -0.05) is 12.2 Å². The van der Waals surface area contributed by atoms with E-state index in [1.807, 2.05) is 18.9 Å². The fourth-order valence-electron chi connectivity index (χ4n) is 2.25. The summed E-state index contributed by atoms with van der Waals surface area (Å²) >= 11 is 0. The number of nitrogens with one attached hydrogen (secondary N) is 1. The lowest BCUT2D eigenvalue weighted by molar-refractivity contribution is -0.127. The van der Waals surface area contributed by atoms with E-state index in [2.05, 4.69) is 16.9 Å². The standard InChI is InChI=1S/C16H30N4O2/c1-13(2)12-20(5)16(18-11-15(21)19(3)4)17-10-14-8-6-7-9-22-14/h14H,1,6-12H2,2-5H3,(H,17,18). The van der Waals surface area contributed by atoms with Crippen LogP contribution in [0.4, 0.5) is 0 Å². The van der Waals surface area contributed by atoms with Gasteiger partial charge in [0.25, 0.3) is 0 Å².